The molecule has 0 fully saturated rings. The number of esters is 1. The third-order valence-electron chi connectivity index (χ3n) is 2.10. The van der Waals surface area contributed by atoms with Gasteiger partial charge in [0, 0.05) is 0 Å². The maximum Gasteiger partial charge on any atom is 0.312 e. The van der Waals surface area contributed by atoms with Crippen LogP contribution in [0.25, 0.3) is 0 Å². The van der Waals surface area contributed by atoms with Crippen molar-refractivity contribution in [3.05, 3.63) is 12.2 Å². The van der Waals surface area contributed by atoms with Crippen LogP contribution in [0.1, 0.15) is 46.5 Å². The first-order valence-electron chi connectivity index (χ1n) is 5.51. The number of carbonyl (C=O) groups excluding carboxylic acids is 1. The van der Waals surface area contributed by atoms with Gasteiger partial charge in [-0.05, 0) is 20.3 Å². The lowest BCUT2D eigenvalue weighted by Crippen LogP contribution is -2.13. The van der Waals surface area contributed by atoms with Gasteiger partial charge in [-0.1, -0.05) is 38.3 Å². The van der Waals surface area contributed by atoms with E-state index in [-0.39, 0.29) is 11.9 Å². The van der Waals surface area contributed by atoms with Crippen LogP contribution in [0.4, 0.5) is 0 Å². The van der Waals surface area contributed by atoms with Crippen LogP contribution < -0.4 is 0 Å². The molecule has 0 rings (SSSR count). The Kier molecular flexibility index (Phi) is 8.30. The number of ether oxygens (including phenoxy) is 1. The highest BCUT2D eigenvalue weighted by molar-refractivity contribution is 5.73. The van der Waals surface area contributed by atoms with E-state index in [1.54, 1.807) is 0 Å². The van der Waals surface area contributed by atoms with Crippen molar-refractivity contribution < 1.29 is 9.53 Å². The van der Waals surface area contributed by atoms with E-state index >= 15 is 0 Å². The zero-order valence-corrected chi connectivity index (χ0v) is 9.58. The van der Waals surface area contributed by atoms with E-state index in [0.29, 0.717) is 6.61 Å². The molecule has 0 aliphatic carbocycles. The van der Waals surface area contributed by atoms with Gasteiger partial charge in [0.15, 0.2) is 0 Å². The van der Waals surface area contributed by atoms with E-state index in [2.05, 4.69) is 6.92 Å². The van der Waals surface area contributed by atoms with Crippen molar-refractivity contribution in [1.82, 2.24) is 0 Å². The average molecular weight is 198 g/mol. The molecule has 0 spiro atoms. The normalized spacial score (nSPS) is 13.1. The van der Waals surface area contributed by atoms with Gasteiger partial charge in [0.25, 0.3) is 0 Å². The summed E-state index contributed by atoms with van der Waals surface area (Å²) in [5.41, 5.74) is 0. The number of carbonyl (C=O) groups is 1. The lowest BCUT2D eigenvalue weighted by Gasteiger charge is -2.07. The maximum atomic E-state index is 11.3. The predicted octanol–water partition coefficient (Wildman–Crippen LogP) is 3.32. The van der Waals surface area contributed by atoms with Crippen LogP contribution in [0.3, 0.4) is 0 Å². The second-order valence-electron chi connectivity index (χ2n) is 3.54. The molecule has 0 aromatic heterocycles. The first-order valence-corrected chi connectivity index (χ1v) is 5.51. The third-order valence-corrected chi connectivity index (χ3v) is 2.10. The Morgan fingerprint density at radius 3 is 2.64 bits per heavy atom. The number of unbranched alkanes of at least 4 members (excludes halogenated alkanes) is 3. The Labute approximate surface area is 87.3 Å². The van der Waals surface area contributed by atoms with Crippen LogP contribution in [0, 0.1) is 5.92 Å². The van der Waals surface area contributed by atoms with Gasteiger partial charge in [-0.3, -0.25) is 4.79 Å². The molecule has 0 aliphatic heterocycles. The van der Waals surface area contributed by atoms with Crippen molar-refractivity contribution in [3.8, 4) is 0 Å². The number of hydrogen-bond acceptors (Lipinski definition) is 2. The Balaban J connectivity index is 3.44. The number of hydrogen-bond donors (Lipinski definition) is 0. The van der Waals surface area contributed by atoms with Crippen LogP contribution in [0.5, 0.6) is 0 Å². The first-order chi connectivity index (χ1) is 6.72. The molecule has 0 aliphatic rings. The van der Waals surface area contributed by atoms with Gasteiger partial charge in [-0.2, -0.15) is 0 Å². The Morgan fingerprint density at radius 1 is 1.36 bits per heavy atom. The molecule has 14 heavy (non-hydrogen) atoms. The molecule has 0 amide bonds. The molecule has 0 saturated carbocycles. The van der Waals surface area contributed by atoms with Crippen LogP contribution in [0.15, 0.2) is 12.2 Å². The van der Waals surface area contributed by atoms with Gasteiger partial charge >= 0.3 is 5.97 Å². The average Bonchev–Trinajstić information content (AvgIpc) is 2.17. The number of rotatable bonds is 7. The molecule has 0 saturated heterocycles. The van der Waals surface area contributed by atoms with Crippen molar-refractivity contribution in [2.75, 3.05) is 6.61 Å². The summed E-state index contributed by atoms with van der Waals surface area (Å²) in [5, 5.41) is 0. The van der Waals surface area contributed by atoms with Gasteiger partial charge in [0.05, 0.1) is 12.5 Å². The van der Waals surface area contributed by atoms with Gasteiger partial charge in [0.2, 0.25) is 0 Å². The molecule has 2 nitrogen and oxygen atoms in total. The highest BCUT2D eigenvalue weighted by Gasteiger charge is 2.09. The summed E-state index contributed by atoms with van der Waals surface area (Å²) in [6.07, 6.45) is 8.31. The standard InChI is InChI=1S/C12H22O2/c1-4-6-7-8-10-14-12(13)11(3)9-5-2/h5,9,11H,4,6-8,10H2,1-3H3/b9-5+/t11-/m1/s1. The maximum absolute atomic E-state index is 11.3. The molecular formula is C12H22O2. The lowest BCUT2D eigenvalue weighted by atomic mass is 10.2. The zero-order valence-electron chi connectivity index (χ0n) is 9.58. The van der Waals surface area contributed by atoms with E-state index in [0.717, 1.165) is 12.8 Å². The smallest absolute Gasteiger partial charge is 0.312 e. The molecule has 0 unspecified atom stereocenters. The molecule has 0 heterocycles. The minimum absolute atomic E-state index is 0.105. The van der Waals surface area contributed by atoms with Gasteiger partial charge in [-0.15, -0.1) is 0 Å². The fourth-order valence-corrected chi connectivity index (χ4v) is 1.20. The van der Waals surface area contributed by atoms with Crippen LogP contribution in [-0.2, 0) is 9.53 Å². The van der Waals surface area contributed by atoms with Crippen LogP contribution >= 0.6 is 0 Å². The molecular weight excluding hydrogens is 176 g/mol. The monoisotopic (exact) mass is 198 g/mol. The molecule has 1 atom stereocenters. The van der Waals surface area contributed by atoms with Crippen molar-refractivity contribution >= 4 is 5.97 Å². The Morgan fingerprint density at radius 2 is 2.07 bits per heavy atom. The highest BCUT2D eigenvalue weighted by atomic mass is 16.5. The first kappa shape index (κ1) is 13.2. The summed E-state index contributed by atoms with van der Waals surface area (Å²) in [5.74, 6) is -0.217. The summed E-state index contributed by atoms with van der Waals surface area (Å²) < 4.78 is 5.11. The molecule has 0 aromatic carbocycles. The van der Waals surface area contributed by atoms with Crippen LogP contribution in [0.2, 0.25) is 0 Å². The quantitative estimate of drug-likeness (QED) is 0.356. The van der Waals surface area contributed by atoms with E-state index in [1.807, 2.05) is 26.0 Å². The third kappa shape index (κ3) is 6.70. The second-order valence-corrected chi connectivity index (χ2v) is 3.54. The lowest BCUT2D eigenvalue weighted by molar-refractivity contribution is -0.146. The van der Waals surface area contributed by atoms with Crippen molar-refractivity contribution in [3.63, 3.8) is 0 Å². The molecule has 0 N–H and O–H groups in total. The molecule has 0 bridgehead atoms. The predicted molar refractivity (Wildman–Crippen MR) is 59.1 cm³/mol. The topological polar surface area (TPSA) is 26.3 Å². The fraction of sp³-hybridized carbons (Fsp3) is 0.750. The van der Waals surface area contributed by atoms with E-state index in [1.165, 1.54) is 12.8 Å². The Bertz CT molecular complexity index is 173. The van der Waals surface area contributed by atoms with E-state index in [9.17, 15) is 4.79 Å². The van der Waals surface area contributed by atoms with Crippen molar-refractivity contribution in [1.29, 1.82) is 0 Å². The molecule has 2 heteroatoms. The second kappa shape index (κ2) is 8.79. The minimum atomic E-state index is -0.111. The summed E-state index contributed by atoms with van der Waals surface area (Å²) in [6.45, 7) is 6.50. The largest absolute Gasteiger partial charge is 0.465 e. The van der Waals surface area contributed by atoms with Gasteiger partial charge < -0.3 is 4.74 Å². The SMILES string of the molecule is C/C=C/[C@@H](C)C(=O)OCCCCCC. The fourth-order valence-electron chi connectivity index (χ4n) is 1.20. The number of allylic oxidation sites excluding steroid dienone is 1. The van der Waals surface area contributed by atoms with Crippen molar-refractivity contribution in [2.45, 2.75) is 46.5 Å². The zero-order chi connectivity index (χ0) is 10.8. The summed E-state index contributed by atoms with van der Waals surface area (Å²) in [4.78, 5) is 11.3. The van der Waals surface area contributed by atoms with E-state index in [4.69, 9.17) is 4.74 Å². The Hall–Kier alpha value is -0.790. The molecule has 0 radical (unpaired) electrons. The van der Waals surface area contributed by atoms with Crippen molar-refractivity contribution in [2.24, 2.45) is 5.92 Å². The molecule has 0 aromatic rings. The van der Waals surface area contributed by atoms with E-state index < -0.39 is 0 Å². The summed E-state index contributed by atoms with van der Waals surface area (Å²) in [6, 6.07) is 0. The van der Waals surface area contributed by atoms with Gasteiger partial charge in [-0.25, -0.2) is 0 Å². The molecule has 82 valence electrons. The minimum Gasteiger partial charge on any atom is -0.465 e. The van der Waals surface area contributed by atoms with Crippen LogP contribution in [-0.4, -0.2) is 12.6 Å². The van der Waals surface area contributed by atoms with Gasteiger partial charge in [0.1, 0.15) is 0 Å². The summed E-state index contributed by atoms with van der Waals surface area (Å²) >= 11 is 0. The summed E-state index contributed by atoms with van der Waals surface area (Å²) in [7, 11) is 0. The highest BCUT2D eigenvalue weighted by Crippen LogP contribution is 2.03.